The van der Waals surface area contributed by atoms with E-state index in [9.17, 15) is 4.79 Å². The van der Waals surface area contributed by atoms with Crippen molar-refractivity contribution >= 4 is 5.97 Å². The molecule has 0 aliphatic heterocycles. The number of hydrogen-bond acceptors (Lipinski definition) is 3. The highest BCUT2D eigenvalue weighted by molar-refractivity contribution is 5.83. The summed E-state index contributed by atoms with van der Waals surface area (Å²) in [6.07, 6.45) is 29.1. The van der Waals surface area contributed by atoms with Crippen LogP contribution in [0.1, 0.15) is 180 Å². The third-order valence-electron chi connectivity index (χ3n) is 10.1. The molecule has 0 N–H and O–H groups in total. The minimum atomic E-state index is -0.253. The lowest BCUT2D eigenvalue weighted by molar-refractivity contribution is -0.148. The van der Waals surface area contributed by atoms with Crippen molar-refractivity contribution in [3.63, 3.8) is 0 Å². The molecule has 3 heteroatoms. The molecule has 0 saturated carbocycles. The van der Waals surface area contributed by atoms with Crippen molar-refractivity contribution in [2.75, 3.05) is 6.61 Å². The van der Waals surface area contributed by atoms with Gasteiger partial charge in [0.05, 0.1) is 6.61 Å². The van der Waals surface area contributed by atoms with E-state index in [-0.39, 0.29) is 12.1 Å². The summed E-state index contributed by atoms with van der Waals surface area (Å²) in [6.45, 7) is 7.31. The maximum atomic E-state index is 12.5. The molecular formula is C47H70O3. The zero-order valence-corrected chi connectivity index (χ0v) is 32.2. The van der Waals surface area contributed by atoms with Gasteiger partial charge in [-0.15, -0.1) is 0 Å². The van der Waals surface area contributed by atoms with Crippen LogP contribution < -0.4 is 4.74 Å². The van der Waals surface area contributed by atoms with Crippen molar-refractivity contribution in [3.8, 4) is 28.0 Å². The normalized spacial score (nSPS) is 11.8. The highest BCUT2D eigenvalue weighted by Gasteiger charge is 2.13. The summed E-state index contributed by atoms with van der Waals surface area (Å²) in [6, 6.07) is 25.6. The van der Waals surface area contributed by atoms with E-state index in [1.165, 1.54) is 139 Å². The van der Waals surface area contributed by atoms with E-state index in [1.54, 1.807) is 0 Å². The zero-order valence-electron chi connectivity index (χ0n) is 32.2. The monoisotopic (exact) mass is 683 g/mol. The van der Waals surface area contributed by atoms with Gasteiger partial charge in [-0.05, 0) is 59.7 Å². The molecule has 0 fully saturated rings. The lowest BCUT2D eigenvalue weighted by atomic mass is 9.93. The average Bonchev–Trinajstić information content (AvgIpc) is 3.14. The van der Waals surface area contributed by atoms with Crippen molar-refractivity contribution in [1.29, 1.82) is 0 Å². The van der Waals surface area contributed by atoms with Crippen molar-refractivity contribution in [3.05, 3.63) is 78.4 Å². The van der Waals surface area contributed by atoms with E-state index in [4.69, 9.17) is 9.47 Å². The highest BCUT2D eigenvalue weighted by atomic mass is 16.5. The Kier molecular flexibility index (Phi) is 22.1. The molecule has 1 atom stereocenters. The van der Waals surface area contributed by atoms with Crippen LogP contribution in [0.15, 0.2) is 72.8 Å². The average molecular weight is 683 g/mol. The fourth-order valence-electron chi connectivity index (χ4n) is 6.86. The predicted octanol–water partition coefficient (Wildman–Crippen LogP) is 15.0. The Balaban J connectivity index is 1.35. The number of unbranched alkanes of at least 4 members (excludes halogenated alkanes) is 20. The van der Waals surface area contributed by atoms with Gasteiger partial charge < -0.3 is 9.47 Å². The molecule has 3 aromatic rings. The molecule has 0 spiro atoms. The van der Waals surface area contributed by atoms with Gasteiger partial charge in [-0.1, -0.05) is 203 Å². The second-order valence-electron chi connectivity index (χ2n) is 14.5. The van der Waals surface area contributed by atoms with Crippen molar-refractivity contribution in [1.82, 2.24) is 0 Å². The second kappa shape index (κ2) is 26.7. The fraction of sp³-hybridized carbons (Fsp3) is 0.596. The summed E-state index contributed by atoms with van der Waals surface area (Å²) in [7, 11) is 0. The van der Waals surface area contributed by atoms with Gasteiger partial charge >= 0.3 is 5.97 Å². The molecule has 0 heterocycles. The molecule has 3 aromatic carbocycles. The zero-order chi connectivity index (χ0) is 35.5. The van der Waals surface area contributed by atoms with Crippen LogP contribution in [-0.2, 0) is 9.53 Å². The van der Waals surface area contributed by atoms with Crippen molar-refractivity contribution < 1.29 is 14.3 Å². The molecular weight excluding hydrogens is 613 g/mol. The lowest BCUT2D eigenvalue weighted by Gasteiger charge is -2.15. The van der Waals surface area contributed by atoms with Crippen LogP contribution in [0.25, 0.3) is 22.3 Å². The first-order valence-corrected chi connectivity index (χ1v) is 20.7. The Hall–Kier alpha value is -3.07. The minimum absolute atomic E-state index is 0.0888. The van der Waals surface area contributed by atoms with E-state index < -0.39 is 0 Å². The first kappa shape index (κ1) is 41.4. The summed E-state index contributed by atoms with van der Waals surface area (Å²) in [5.41, 5.74) is 5.74. The molecule has 0 aliphatic carbocycles. The van der Waals surface area contributed by atoms with Gasteiger partial charge in [-0.2, -0.15) is 0 Å². The molecule has 3 rings (SSSR count). The van der Waals surface area contributed by atoms with E-state index in [1.807, 2.05) is 6.92 Å². The SMILES string of the molecule is CCCCCCCCCCCCCOc1ccc(-c2ccccc2-c2ccc(C(C)OC(=O)CCCCCCCCCCCCC)cc2)cc1. The van der Waals surface area contributed by atoms with Gasteiger partial charge in [0, 0.05) is 6.42 Å². The Morgan fingerprint density at radius 1 is 0.500 bits per heavy atom. The number of hydrogen-bond donors (Lipinski definition) is 0. The first-order chi connectivity index (χ1) is 24.6. The maximum Gasteiger partial charge on any atom is 0.306 e. The van der Waals surface area contributed by atoms with Gasteiger partial charge in [0.2, 0.25) is 0 Å². The topological polar surface area (TPSA) is 35.5 Å². The van der Waals surface area contributed by atoms with Gasteiger partial charge in [-0.25, -0.2) is 0 Å². The standard InChI is InChI=1S/C47H70O3/c1-4-6-8-10-12-14-16-18-20-22-24-30-47(48)50-40(3)41-31-33-42(34-32-41)45-28-25-26-29-46(45)43-35-37-44(38-36-43)49-39-27-23-21-19-17-15-13-11-9-7-5-2/h25-26,28-29,31-38,40H,4-24,27,30,39H2,1-3H3. The second-order valence-corrected chi connectivity index (χ2v) is 14.5. The molecule has 50 heavy (non-hydrogen) atoms. The number of rotatable bonds is 29. The predicted molar refractivity (Wildman–Crippen MR) is 215 cm³/mol. The largest absolute Gasteiger partial charge is 0.494 e. The number of benzene rings is 3. The molecule has 3 nitrogen and oxygen atoms in total. The molecule has 0 aromatic heterocycles. The van der Waals surface area contributed by atoms with E-state index in [2.05, 4.69) is 86.6 Å². The molecule has 0 aliphatic rings. The maximum absolute atomic E-state index is 12.5. The van der Waals surface area contributed by atoms with Crippen LogP contribution in [0.4, 0.5) is 0 Å². The molecule has 0 radical (unpaired) electrons. The number of ether oxygens (including phenoxy) is 2. The van der Waals surface area contributed by atoms with Crippen molar-refractivity contribution in [2.45, 2.75) is 175 Å². The number of carbonyl (C=O) groups excluding carboxylic acids is 1. The minimum Gasteiger partial charge on any atom is -0.494 e. The molecule has 276 valence electrons. The number of esters is 1. The molecule has 0 saturated heterocycles. The Bertz CT molecular complexity index is 1260. The van der Waals surface area contributed by atoms with Crippen LogP contribution in [-0.4, -0.2) is 12.6 Å². The van der Waals surface area contributed by atoms with Gasteiger partial charge in [-0.3, -0.25) is 4.79 Å². The lowest BCUT2D eigenvalue weighted by Crippen LogP contribution is -2.08. The molecule has 0 amide bonds. The van der Waals surface area contributed by atoms with Gasteiger partial charge in [0.25, 0.3) is 0 Å². The van der Waals surface area contributed by atoms with E-state index in [0.717, 1.165) is 42.7 Å². The van der Waals surface area contributed by atoms with Crippen LogP contribution in [0, 0.1) is 0 Å². The van der Waals surface area contributed by atoms with Crippen molar-refractivity contribution in [2.24, 2.45) is 0 Å². The summed E-state index contributed by atoms with van der Waals surface area (Å²) in [4.78, 5) is 12.5. The third-order valence-corrected chi connectivity index (χ3v) is 10.1. The Morgan fingerprint density at radius 2 is 0.900 bits per heavy atom. The van der Waals surface area contributed by atoms with Crippen LogP contribution in [0.2, 0.25) is 0 Å². The smallest absolute Gasteiger partial charge is 0.306 e. The molecule has 1 unspecified atom stereocenters. The van der Waals surface area contributed by atoms with Crippen LogP contribution in [0.3, 0.4) is 0 Å². The van der Waals surface area contributed by atoms with Gasteiger partial charge in [0.1, 0.15) is 11.9 Å². The Morgan fingerprint density at radius 3 is 1.36 bits per heavy atom. The van der Waals surface area contributed by atoms with Crippen LogP contribution >= 0.6 is 0 Å². The fourth-order valence-corrected chi connectivity index (χ4v) is 6.86. The summed E-state index contributed by atoms with van der Waals surface area (Å²) in [5.74, 6) is 0.851. The number of carbonyl (C=O) groups is 1. The summed E-state index contributed by atoms with van der Waals surface area (Å²) < 4.78 is 11.9. The third kappa shape index (κ3) is 17.2. The van der Waals surface area contributed by atoms with Gasteiger partial charge in [0.15, 0.2) is 0 Å². The van der Waals surface area contributed by atoms with E-state index >= 15 is 0 Å². The molecule has 0 bridgehead atoms. The Labute approximate surface area is 307 Å². The summed E-state index contributed by atoms with van der Waals surface area (Å²) >= 11 is 0. The van der Waals surface area contributed by atoms with E-state index in [0.29, 0.717) is 6.42 Å². The first-order valence-electron chi connectivity index (χ1n) is 20.7. The van der Waals surface area contributed by atoms with Crippen LogP contribution in [0.5, 0.6) is 5.75 Å². The quantitative estimate of drug-likeness (QED) is 0.0540. The highest BCUT2D eigenvalue weighted by Crippen LogP contribution is 2.34. The summed E-state index contributed by atoms with van der Waals surface area (Å²) in [5, 5.41) is 0.